The minimum atomic E-state index is 0.480. The normalized spacial score (nSPS) is 11.0. The molecule has 0 amide bonds. The summed E-state index contributed by atoms with van der Waals surface area (Å²) in [7, 11) is 0. The third-order valence-electron chi connectivity index (χ3n) is 3.60. The van der Waals surface area contributed by atoms with Gasteiger partial charge in [0.05, 0.1) is 16.4 Å². The molecule has 0 bridgehead atoms. The quantitative estimate of drug-likeness (QED) is 0.753. The van der Waals surface area contributed by atoms with Gasteiger partial charge in [-0.25, -0.2) is 4.98 Å². The summed E-state index contributed by atoms with van der Waals surface area (Å²) in [6, 6.07) is 14.5. The molecule has 0 atom stereocenters. The van der Waals surface area contributed by atoms with Gasteiger partial charge in [-0.1, -0.05) is 48.1 Å². The maximum Gasteiger partial charge on any atom is 0.137 e. The smallest absolute Gasteiger partial charge is 0.137 e. The summed E-state index contributed by atoms with van der Waals surface area (Å²) in [6.45, 7) is 4.14. The van der Waals surface area contributed by atoms with Crippen molar-refractivity contribution in [3.8, 4) is 11.3 Å². The molecule has 0 unspecified atom stereocenters. The molecule has 4 heteroatoms. The third-order valence-corrected chi connectivity index (χ3v) is 3.75. The Morgan fingerprint density at radius 2 is 1.86 bits per heavy atom. The van der Waals surface area contributed by atoms with Crippen LogP contribution in [0.25, 0.3) is 16.9 Å². The summed E-state index contributed by atoms with van der Waals surface area (Å²) >= 11 is 5.12. The molecule has 21 heavy (non-hydrogen) atoms. The van der Waals surface area contributed by atoms with E-state index in [1.54, 1.807) is 0 Å². The number of pyridine rings is 1. The van der Waals surface area contributed by atoms with Crippen molar-refractivity contribution in [2.24, 2.45) is 5.73 Å². The number of thiocarbonyl (C=S) groups is 1. The van der Waals surface area contributed by atoms with Gasteiger partial charge in [0, 0.05) is 17.7 Å². The van der Waals surface area contributed by atoms with E-state index in [1.807, 2.05) is 12.1 Å². The molecule has 2 aromatic heterocycles. The molecule has 0 saturated heterocycles. The molecule has 0 saturated carbocycles. The van der Waals surface area contributed by atoms with Gasteiger partial charge < -0.3 is 10.1 Å². The van der Waals surface area contributed by atoms with Crippen molar-refractivity contribution in [2.75, 3.05) is 0 Å². The van der Waals surface area contributed by atoms with Crippen molar-refractivity contribution in [1.29, 1.82) is 0 Å². The zero-order valence-electron chi connectivity index (χ0n) is 12.1. The molecule has 0 fully saturated rings. The van der Waals surface area contributed by atoms with Crippen molar-refractivity contribution < 1.29 is 0 Å². The van der Waals surface area contributed by atoms with E-state index in [1.165, 1.54) is 5.56 Å². The number of nitrogens with two attached hydrogens (primary N) is 1. The van der Waals surface area contributed by atoms with E-state index >= 15 is 0 Å². The van der Waals surface area contributed by atoms with Gasteiger partial charge >= 0.3 is 0 Å². The Hall–Kier alpha value is -2.20. The Labute approximate surface area is 129 Å². The minimum Gasteiger partial charge on any atom is -0.393 e. The number of aromatic nitrogens is 2. The standard InChI is InChI=1S/C17H17N3S/c1-11-6-8-13(9-7-11)17-14(10-15(18)21)20-12(2)4-3-5-16(20)19-17/h3-9H,10H2,1-2H3,(H2,18,21). The van der Waals surface area contributed by atoms with Gasteiger partial charge in [-0.05, 0) is 26.0 Å². The Bertz CT molecular complexity index is 816. The van der Waals surface area contributed by atoms with Crippen molar-refractivity contribution >= 4 is 22.9 Å². The number of benzene rings is 1. The van der Waals surface area contributed by atoms with Crippen LogP contribution in [0.3, 0.4) is 0 Å². The van der Waals surface area contributed by atoms with Crippen LogP contribution in [-0.4, -0.2) is 14.4 Å². The van der Waals surface area contributed by atoms with Gasteiger partial charge in [-0.2, -0.15) is 0 Å². The molecule has 3 rings (SSSR count). The number of rotatable bonds is 3. The van der Waals surface area contributed by atoms with Crippen molar-refractivity contribution in [3.05, 3.63) is 59.4 Å². The van der Waals surface area contributed by atoms with E-state index in [0.29, 0.717) is 11.4 Å². The van der Waals surface area contributed by atoms with Crippen LogP contribution < -0.4 is 5.73 Å². The van der Waals surface area contributed by atoms with Crippen LogP contribution in [-0.2, 0) is 6.42 Å². The largest absolute Gasteiger partial charge is 0.393 e. The molecule has 0 aliphatic rings. The number of aryl methyl sites for hydroxylation is 2. The fourth-order valence-corrected chi connectivity index (χ4v) is 2.73. The summed E-state index contributed by atoms with van der Waals surface area (Å²) in [5, 5.41) is 0. The van der Waals surface area contributed by atoms with Crippen LogP contribution in [0.4, 0.5) is 0 Å². The van der Waals surface area contributed by atoms with E-state index in [0.717, 1.165) is 28.3 Å². The number of imidazole rings is 1. The zero-order chi connectivity index (χ0) is 15.0. The van der Waals surface area contributed by atoms with Gasteiger partial charge in [0.2, 0.25) is 0 Å². The first-order chi connectivity index (χ1) is 10.1. The lowest BCUT2D eigenvalue weighted by Gasteiger charge is -2.07. The summed E-state index contributed by atoms with van der Waals surface area (Å²) in [6.07, 6.45) is 0.546. The Morgan fingerprint density at radius 3 is 2.52 bits per heavy atom. The summed E-state index contributed by atoms with van der Waals surface area (Å²) in [5.41, 5.74) is 12.2. The molecule has 3 aromatic rings. The molecule has 1 aromatic carbocycles. The van der Waals surface area contributed by atoms with Gasteiger partial charge in [0.1, 0.15) is 5.65 Å². The van der Waals surface area contributed by atoms with Gasteiger partial charge in [0.25, 0.3) is 0 Å². The Morgan fingerprint density at radius 1 is 1.14 bits per heavy atom. The van der Waals surface area contributed by atoms with E-state index < -0.39 is 0 Å². The molecule has 0 aliphatic heterocycles. The van der Waals surface area contributed by atoms with Crippen LogP contribution in [0.2, 0.25) is 0 Å². The van der Waals surface area contributed by atoms with Gasteiger partial charge in [-0.3, -0.25) is 0 Å². The molecule has 0 radical (unpaired) electrons. The monoisotopic (exact) mass is 295 g/mol. The average Bonchev–Trinajstić information content (AvgIpc) is 2.79. The predicted octanol–water partition coefficient (Wildman–Crippen LogP) is 3.45. The molecule has 3 nitrogen and oxygen atoms in total. The predicted molar refractivity (Wildman–Crippen MR) is 90.6 cm³/mol. The van der Waals surface area contributed by atoms with E-state index in [9.17, 15) is 0 Å². The first kappa shape index (κ1) is 13.8. The van der Waals surface area contributed by atoms with E-state index in [2.05, 4.69) is 48.6 Å². The second-order valence-corrected chi connectivity index (χ2v) is 5.80. The fraction of sp³-hybridized carbons (Fsp3) is 0.176. The van der Waals surface area contributed by atoms with Crippen molar-refractivity contribution in [2.45, 2.75) is 20.3 Å². The summed E-state index contributed by atoms with van der Waals surface area (Å²) in [4.78, 5) is 5.25. The highest BCUT2D eigenvalue weighted by atomic mass is 32.1. The molecule has 106 valence electrons. The second-order valence-electron chi connectivity index (χ2n) is 5.28. The van der Waals surface area contributed by atoms with Crippen LogP contribution in [0.15, 0.2) is 42.5 Å². The van der Waals surface area contributed by atoms with Crippen LogP contribution in [0, 0.1) is 13.8 Å². The first-order valence-electron chi connectivity index (χ1n) is 6.88. The van der Waals surface area contributed by atoms with Crippen molar-refractivity contribution in [1.82, 2.24) is 9.38 Å². The maximum atomic E-state index is 5.79. The number of fused-ring (bicyclic) bond motifs is 1. The number of nitrogens with zero attached hydrogens (tertiary/aromatic N) is 2. The highest BCUT2D eigenvalue weighted by Gasteiger charge is 2.15. The molecular formula is C17H17N3S. The maximum absolute atomic E-state index is 5.79. The van der Waals surface area contributed by atoms with Crippen LogP contribution in [0.5, 0.6) is 0 Å². The highest BCUT2D eigenvalue weighted by Crippen LogP contribution is 2.26. The number of hydrogen-bond donors (Lipinski definition) is 1. The van der Waals surface area contributed by atoms with E-state index in [-0.39, 0.29) is 0 Å². The highest BCUT2D eigenvalue weighted by molar-refractivity contribution is 7.80. The molecule has 0 spiro atoms. The lowest BCUT2D eigenvalue weighted by Crippen LogP contribution is -2.13. The molecular weight excluding hydrogens is 278 g/mol. The van der Waals surface area contributed by atoms with Crippen molar-refractivity contribution in [3.63, 3.8) is 0 Å². The van der Waals surface area contributed by atoms with E-state index in [4.69, 9.17) is 22.9 Å². The molecule has 2 N–H and O–H groups in total. The zero-order valence-corrected chi connectivity index (χ0v) is 12.9. The minimum absolute atomic E-state index is 0.480. The first-order valence-corrected chi connectivity index (χ1v) is 7.29. The van der Waals surface area contributed by atoms with Gasteiger partial charge in [0.15, 0.2) is 0 Å². The van der Waals surface area contributed by atoms with Crippen LogP contribution >= 0.6 is 12.2 Å². The number of hydrogen-bond acceptors (Lipinski definition) is 2. The third kappa shape index (κ3) is 2.54. The molecule has 2 heterocycles. The Balaban J connectivity index is 2.28. The van der Waals surface area contributed by atoms with Crippen LogP contribution in [0.1, 0.15) is 17.0 Å². The fourth-order valence-electron chi connectivity index (χ4n) is 2.60. The lowest BCUT2D eigenvalue weighted by molar-refractivity contribution is 1.02. The Kier molecular flexibility index (Phi) is 3.47. The average molecular weight is 295 g/mol. The summed E-state index contributed by atoms with van der Waals surface area (Å²) in [5.74, 6) is 0. The summed E-state index contributed by atoms with van der Waals surface area (Å²) < 4.78 is 2.13. The topological polar surface area (TPSA) is 43.3 Å². The lowest BCUT2D eigenvalue weighted by atomic mass is 10.1. The molecule has 0 aliphatic carbocycles. The van der Waals surface area contributed by atoms with Gasteiger partial charge in [-0.15, -0.1) is 0 Å². The second kappa shape index (κ2) is 5.30. The SMILES string of the molecule is Cc1ccc(-c2nc3cccc(C)n3c2CC(N)=S)cc1.